The van der Waals surface area contributed by atoms with Gasteiger partial charge in [-0.25, -0.2) is 9.97 Å². The van der Waals surface area contributed by atoms with E-state index < -0.39 is 0 Å². The summed E-state index contributed by atoms with van der Waals surface area (Å²) in [5, 5.41) is 4.37. The van der Waals surface area contributed by atoms with Gasteiger partial charge in [-0.15, -0.1) is 0 Å². The molecular weight excluding hydrogens is 348 g/mol. The largest absolute Gasteiger partial charge is 0.348 e. The number of para-hydroxylation sites is 1. The number of carbonyl (C=O) groups is 1. The minimum atomic E-state index is -0.320. The SMILES string of the molecule is O=C(C1NCCc2[nH]cnc21)N1CCN(c2nc3ccccc3s2)CC1. The number of amides is 1. The van der Waals surface area contributed by atoms with Crippen LogP contribution in [0.2, 0.25) is 0 Å². The summed E-state index contributed by atoms with van der Waals surface area (Å²) in [4.78, 5) is 29.4. The second-order valence-corrected chi connectivity index (χ2v) is 7.69. The summed E-state index contributed by atoms with van der Waals surface area (Å²) >= 11 is 1.72. The minimum Gasteiger partial charge on any atom is -0.348 e. The topological polar surface area (TPSA) is 77.2 Å². The molecule has 2 N–H and O–H groups in total. The third kappa shape index (κ3) is 2.65. The van der Waals surface area contributed by atoms with Gasteiger partial charge in [0.1, 0.15) is 6.04 Å². The monoisotopic (exact) mass is 368 g/mol. The molecule has 1 saturated heterocycles. The van der Waals surface area contributed by atoms with E-state index in [1.54, 1.807) is 17.7 Å². The van der Waals surface area contributed by atoms with Gasteiger partial charge in [0.15, 0.2) is 5.13 Å². The van der Waals surface area contributed by atoms with E-state index in [-0.39, 0.29) is 11.9 Å². The maximum absolute atomic E-state index is 13.0. The standard InChI is InChI=1S/C18H20N6OS/c25-17(16-15-13(5-6-19-16)20-11-21-15)23-7-9-24(10-8-23)18-22-12-3-1-2-4-14(12)26-18/h1-4,11,16,19H,5-10H2,(H,20,21). The highest BCUT2D eigenvalue weighted by molar-refractivity contribution is 7.22. The molecule has 1 aromatic carbocycles. The number of aromatic nitrogens is 3. The Kier molecular flexibility index (Phi) is 3.86. The summed E-state index contributed by atoms with van der Waals surface area (Å²) < 4.78 is 1.21. The van der Waals surface area contributed by atoms with Gasteiger partial charge in [-0.1, -0.05) is 23.5 Å². The molecule has 5 rings (SSSR count). The molecule has 1 fully saturated rings. The fourth-order valence-electron chi connectivity index (χ4n) is 3.72. The van der Waals surface area contributed by atoms with Crippen molar-refractivity contribution in [3.05, 3.63) is 42.0 Å². The van der Waals surface area contributed by atoms with E-state index in [2.05, 4.69) is 26.3 Å². The maximum atomic E-state index is 13.0. The Balaban J connectivity index is 1.28. The number of rotatable bonds is 2. The van der Waals surface area contributed by atoms with Crippen LogP contribution in [0.15, 0.2) is 30.6 Å². The smallest absolute Gasteiger partial charge is 0.246 e. The van der Waals surface area contributed by atoms with Crippen molar-refractivity contribution in [3.63, 3.8) is 0 Å². The van der Waals surface area contributed by atoms with Crippen LogP contribution in [0, 0.1) is 0 Å². The number of H-pyrrole nitrogens is 1. The predicted octanol–water partition coefficient (Wildman–Crippen LogP) is 1.55. The number of hydrogen-bond acceptors (Lipinski definition) is 6. The normalized spacial score (nSPS) is 20.4. The molecule has 2 aliphatic rings. The van der Waals surface area contributed by atoms with E-state index in [1.165, 1.54) is 4.70 Å². The highest BCUT2D eigenvalue weighted by Gasteiger charge is 2.33. The van der Waals surface area contributed by atoms with Crippen molar-refractivity contribution < 1.29 is 4.79 Å². The van der Waals surface area contributed by atoms with Crippen LogP contribution in [-0.4, -0.2) is 58.5 Å². The summed E-state index contributed by atoms with van der Waals surface area (Å²) in [7, 11) is 0. The van der Waals surface area contributed by atoms with E-state index in [4.69, 9.17) is 4.98 Å². The number of imidazole rings is 1. The first kappa shape index (κ1) is 15.8. The van der Waals surface area contributed by atoms with Gasteiger partial charge in [-0.05, 0) is 12.1 Å². The zero-order valence-corrected chi connectivity index (χ0v) is 15.1. The molecule has 0 aliphatic carbocycles. The van der Waals surface area contributed by atoms with Crippen molar-refractivity contribution >= 4 is 32.6 Å². The van der Waals surface area contributed by atoms with Crippen molar-refractivity contribution in [1.82, 2.24) is 25.2 Å². The van der Waals surface area contributed by atoms with E-state index in [1.807, 2.05) is 23.1 Å². The van der Waals surface area contributed by atoms with Crippen LogP contribution in [0.4, 0.5) is 5.13 Å². The molecule has 4 heterocycles. The first-order valence-corrected chi connectivity index (χ1v) is 9.76. The lowest BCUT2D eigenvalue weighted by atomic mass is 10.0. The molecule has 0 saturated carbocycles. The summed E-state index contributed by atoms with van der Waals surface area (Å²) in [6, 6.07) is 7.89. The van der Waals surface area contributed by atoms with Gasteiger partial charge in [-0.2, -0.15) is 0 Å². The molecule has 1 unspecified atom stereocenters. The fraction of sp³-hybridized carbons (Fsp3) is 0.389. The molecule has 1 atom stereocenters. The Bertz CT molecular complexity index is 909. The number of nitrogens with one attached hydrogen (secondary N) is 2. The molecule has 7 nitrogen and oxygen atoms in total. The van der Waals surface area contributed by atoms with Gasteiger partial charge < -0.3 is 20.1 Å². The average molecular weight is 368 g/mol. The molecule has 2 aliphatic heterocycles. The van der Waals surface area contributed by atoms with Crippen molar-refractivity contribution in [3.8, 4) is 0 Å². The maximum Gasteiger partial charge on any atom is 0.246 e. The van der Waals surface area contributed by atoms with E-state index in [9.17, 15) is 4.79 Å². The number of anilines is 1. The molecule has 1 amide bonds. The summed E-state index contributed by atoms with van der Waals surface area (Å²) in [5.41, 5.74) is 2.98. The molecule has 26 heavy (non-hydrogen) atoms. The van der Waals surface area contributed by atoms with Crippen LogP contribution in [-0.2, 0) is 11.2 Å². The first-order chi connectivity index (χ1) is 12.8. The Morgan fingerprint density at radius 2 is 2.04 bits per heavy atom. The fourth-order valence-corrected chi connectivity index (χ4v) is 4.74. The van der Waals surface area contributed by atoms with Crippen LogP contribution in [0.25, 0.3) is 10.2 Å². The van der Waals surface area contributed by atoms with Crippen molar-refractivity contribution in [1.29, 1.82) is 0 Å². The number of hydrogen-bond donors (Lipinski definition) is 2. The Labute approximate surface area is 155 Å². The first-order valence-electron chi connectivity index (χ1n) is 8.94. The number of aromatic amines is 1. The van der Waals surface area contributed by atoms with Crippen LogP contribution in [0.1, 0.15) is 17.4 Å². The Morgan fingerprint density at radius 1 is 1.19 bits per heavy atom. The predicted molar refractivity (Wildman–Crippen MR) is 101 cm³/mol. The molecule has 0 bridgehead atoms. The second-order valence-electron chi connectivity index (χ2n) is 6.68. The zero-order chi connectivity index (χ0) is 17.5. The highest BCUT2D eigenvalue weighted by Crippen LogP contribution is 2.29. The lowest BCUT2D eigenvalue weighted by Crippen LogP contribution is -2.52. The van der Waals surface area contributed by atoms with Crippen LogP contribution >= 0.6 is 11.3 Å². The van der Waals surface area contributed by atoms with Crippen molar-refractivity contribution in [2.75, 3.05) is 37.6 Å². The quantitative estimate of drug-likeness (QED) is 0.718. The van der Waals surface area contributed by atoms with Crippen molar-refractivity contribution in [2.45, 2.75) is 12.5 Å². The molecule has 0 radical (unpaired) electrons. The minimum absolute atomic E-state index is 0.127. The summed E-state index contributed by atoms with van der Waals surface area (Å²) in [6.45, 7) is 3.86. The number of thiazole rings is 1. The molecule has 3 aromatic rings. The number of nitrogens with zero attached hydrogens (tertiary/aromatic N) is 4. The Morgan fingerprint density at radius 3 is 2.88 bits per heavy atom. The van der Waals surface area contributed by atoms with Crippen LogP contribution in [0.3, 0.4) is 0 Å². The molecule has 2 aromatic heterocycles. The van der Waals surface area contributed by atoms with Gasteiger partial charge in [-0.3, -0.25) is 4.79 Å². The van der Waals surface area contributed by atoms with Crippen LogP contribution < -0.4 is 10.2 Å². The molecule has 0 spiro atoms. The number of benzene rings is 1. The lowest BCUT2D eigenvalue weighted by molar-refractivity contribution is -0.134. The molecule has 134 valence electrons. The van der Waals surface area contributed by atoms with Gasteiger partial charge in [0.25, 0.3) is 0 Å². The zero-order valence-electron chi connectivity index (χ0n) is 14.3. The van der Waals surface area contributed by atoms with E-state index in [0.29, 0.717) is 13.1 Å². The Hall–Kier alpha value is -2.45. The molecule has 8 heteroatoms. The average Bonchev–Trinajstić information content (AvgIpc) is 3.34. The summed E-state index contributed by atoms with van der Waals surface area (Å²) in [6.07, 6.45) is 2.58. The third-order valence-electron chi connectivity index (χ3n) is 5.14. The molecular formula is C18H20N6OS. The van der Waals surface area contributed by atoms with Crippen LogP contribution in [0.5, 0.6) is 0 Å². The van der Waals surface area contributed by atoms with Gasteiger partial charge in [0.05, 0.1) is 22.2 Å². The second kappa shape index (κ2) is 6.37. The van der Waals surface area contributed by atoms with E-state index >= 15 is 0 Å². The highest BCUT2D eigenvalue weighted by atomic mass is 32.1. The van der Waals surface area contributed by atoms with Gasteiger partial charge in [0.2, 0.25) is 5.91 Å². The van der Waals surface area contributed by atoms with E-state index in [0.717, 1.165) is 48.1 Å². The van der Waals surface area contributed by atoms with Gasteiger partial charge >= 0.3 is 0 Å². The van der Waals surface area contributed by atoms with Crippen molar-refractivity contribution in [2.24, 2.45) is 0 Å². The number of piperazine rings is 1. The third-order valence-corrected chi connectivity index (χ3v) is 6.24. The summed E-state index contributed by atoms with van der Waals surface area (Å²) in [5.74, 6) is 0.127. The number of carbonyl (C=O) groups excluding carboxylic acids is 1. The van der Waals surface area contributed by atoms with Gasteiger partial charge in [0, 0.05) is 44.8 Å². The lowest BCUT2D eigenvalue weighted by Gasteiger charge is -2.36. The number of fused-ring (bicyclic) bond motifs is 2.